The second-order valence-electron chi connectivity index (χ2n) is 4.21. The van der Waals surface area contributed by atoms with E-state index in [9.17, 15) is 22.0 Å². The molecule has 0 spiro atoms. The Morgan fingerprint density at radius 2 is 1.50 bits per heavy atom. The highest BCUT2D eigenvalue weighted by molar-refractivity contribution is 5.43. The molecule has 20 heavy (non-hydrogen) atoms. The monoisotopic (exact) mass is 287 g/mol. The summed E-state index contributed by atoms with van der Waals surface area (Å²) in [6.45, 7) is 0.00642. The molecule has 2 rings (SSSR count). The summed E-state index contributed by atoms with van der Waals surface area (Å²) in [7, 11) is 0. The van der Waals surface area contributed by atoms with Crippen LogP contribution >= 0.6 is 0 Å². The van der Waals surface area contributed by atoms with E-state index in [1.807, 2.05) is 0 Å². The Kier molecular flexibility index (Phi) is 3.92. The lowest BCUT2D eigenvalue weighted by atomic mass is 10.1. The highest BCUT2D eigenvalue weighted by atomic mass is 19.4. The molecular weight excluding hydrogens is 277 g/mol. The van der Waals surface area contributed by atoms with Crippen LogP contribution in [0.2, 0.25) is 0 Å². The fourth-order valence-electron chi connectivity index (χ4n) is 1.69. The molecule has 0 saturated carbocycles. The SMILES string of the molecule is Fc1ccc(NCc2cc(F)cc(C(F)(F)F)c2)cc1. The largest absolute Gasteiger partial charge is 0.416 e. The molecule has 0 bridgehead atoms. The first-order chi connectivity index (χ1) is 9.34. The standard InChI is InChI=1S/C14H10F5N/c15-11-1-3-13(4-2-11)20-8-9-5-10(14(17,18)19)7-12(16)6-9/h1-7,20H,8H2. The number of anilines is 1. The first-order valence-corrected chi connectivity index (χ1v) is 5.71. The van der Waals surface area contributed by atoms with Crippen molar-refractivity contribution in [1.29, 1.82) is 0 Å². The molecule has 1 N–H and O–H groups in total. The second kappa shape index (κ2) is 5.48. The molecule has 0 saturated heterocycles. The van der Waals surface area contributed by atoms with Gasteiger partial charge in [0.15, 0.2) is 0 Å². The lowest BCUT2D eigenvalue weighted by molar-refractivity contribution is -0.137. The first-order valence-electron chi connectivity index (χ1n) is 5.71. The number of alkyl halides is 3. The predicted molar refractivity (Wildman–Crippen MR) is 65.1 cm³/mol. The number of nitrogens with one attached hydrogen (secondary N) is 1. The van der Waals surface area contributed by atoms with Gasteiger partial charge in [-0.3, -0.25) is 0 Å². The smallest absolute Gasteiger partial charge is 0.381 e. The van der Waals surface area contributed by atoms with Crippen LogP contribution in [-0.4, -0.2) is 0 Å². The molecule has 0 radical (unpaired) electrons. The van der Waals surface area contributed by atoms with Crippen LogP contribution in [0.4, 0.5) is 27.6 Å². The molecule has 0 aliphatic carbocycles. The summed E-state index contributed by atoms with van der Waals surface area (Å²) in [4.78, 5) is 0. The van der Waals surface area contributed by atoms with Crippen molar-refractivity contribution in [2.45, 2.75) is 12.7 Å². The van der Waals surface area contributed by atoms with Gasteiger partial charge in [0.2, 0.25) is 0 Å². The lowest BCUT2D eigenvalue weighted by Gasteiger charge is -2.11. The van der Waals surface area contributed by atoms with Gasteiger partial charge in [-0.05, 0) is 48.0 Å². The van der Waals surface area contributed by atoms with Crippen LogP contribution in [0.1, 0.15) is 11.1 Å². The van der Waals surface area contributed by atoms with E-state index in [2.05, 4.69) is 5.32 Å². The molecular formula is C14H10F5N. The molecule has 6 heteroatoms. The normalized spacial score (nSPS) is 11.4. The van der Waals surface area contributed by atoms with Crippen LogP contribution in [0.5, 0.6) is 0 Å². The van der Waals surface area contributed by atoms with E-state index in [4.69, 9.17) is 0 Å². The maximum atomic E-state index is 13.2. The molecule has 0 unspecified atom stereocenters. The maximum absolute atomic E-state index is 13.2. The van der Waals surface area contributed by atoms with Crippen molar-refractivity contribution in [3.63, 3.8) is 0 Å². The van der Waals surface area contributed by atoms with Gasteiger partial charge in [-0.1, -0.05) is 0 Å². The van der Waals surface area contributed by atoms with Gasteiger partial charge < -0.3 is 5.32 Å². The highest BCUT2D eigenvalue weighted by Crippen LogP contribution is 2.30. The van der Waals surface area contributed by atoms with E-state index >= 15 is 0 Å². The summed E-state index contributed by atoms with van der Waals surface area (Å²) in [6, 6.07) is 7.66. The fraction of sp³-hybridized carbons (Fsp3) is 0.143. The quantitative estimate of drug-likeness (QED) is 0.814. The summed E-state index contributed by atoms with van der Waals surface area (Å²) >= 11 is 0. The summed E-state index contributed by atoms with van der Waals surface area (Å²) in [5, 5.41) is 2.79. The van der Waals surface area contributed by atoms with Crippen LogP contribution in [0.25, 0.3) is 0 Å². The van der Waals surface area contributed by atoms with E-state index in [1.54, 1.807) is 0 Å². The Balaban J connectivity index is 2.13. The molecule has 0 atom stereocenters. The molecule has 2 aromatic rings. The van der Waals surface area contributed by atoms with E-state index < -0.39 is 23.4 Å². The number of hydrogen-bond donors (Lipinski definition) is 1. The van der Waals surface area contributed by atoms with Crippen molar-refractivity contribution in [3.8, 4) is 0 Å². The van der Waals surface area contributed by atoms with Gasteiger partial charge in [-0.2, -0.15) is 13.2 Å². The number of hydrogen-bond acceptors (Lipinski definition) is 1. The molecule has 2 aromatic carbocycles. The minimum Gasteiger partial charge on any atom is -0.381 e. The fourth-order valence-corrected chi connectivity index (χ4v) is 1.69. The maximum Gasteiger partial charge on any atom is 0.416 e. The van der Waals surface area contributed by atoms with Crippen molar-refractivity contribution < 1.29 is 22.0 Å². The Labute approximate surface area is 112 Å². The van der Waals surface area contributed by atoms with Crippen molar-refractivity contribution in [3.05, 3.63) is 65.2 Å². The van der Waals surface area contributed by atoms with Crippen molar-refractivity contribution in [2.24, 2.45) is 0 Å². The number of halogens is 5. The van der Waals surface area contributed by atoms with E-state index in [-0.39, 0.29) is 12.1 Å². The topological polar surface area (TPSA) is 12.0 Å². The predicted octanol–water partition coefficient (Wildman–Crippen LogP) is 4.60. The van der Waals surface area contributed by atoms with Gasteiger partial charge in [0.1, 0.15) is 11.6 Å². The van der Waals surface area contributed by atoms with Crippen molar-refractivity contribution >= 4 is 5.69 Å². The third kappa shape index (κ3) is 3.69. The molecule has 0 fully saturated rings. The van der Waals surface area contributed by atoms with Gasteiger partial charge >= 0.3 is 6.18 Å². The molecule has 0 aliphatic heterocycles. The third-order valence-electron chi connectivity index (χ3n) is 2.63. The summed E-state index contributed by atoms with van der Waals surface area (Å²) in [5.41, 5.74) is -0.348. The Morgan fingerprint density at radius 1 is 0.850 bits per heavy atom. The van der Waals surface area contributed by atoms with Crippen LogP contribution in [-0.2, 0) is 12.7 Å². The zero-order chi connectivity index (χ0) is 14.8. The molecule has 0 aromatic heterocycles. The highest BCUT2D eigenvalue weighted by Gasteiger charge is 2.31. The second-order valence-corrected chi connectivity index (χ2v) is 4.21. The van der Waals surface area contributed by atoms with E-state index in [1.165, 1.54) is 24.3 Å². The van der Waals surface area contributed by atoms with Crippen LogP contribution in [0.3, 0.4) is 0 Å². The van der Waals surface area contributed by atoms with Gasteiger partial charge in [0, 0.05) is 12.2 Å². The Morgan fingerprint density at radius 3 is 2.10 bits per heavy atom. The molecule has 1 nitrogen and oxygen atoms in total. The molecule has 106 valence electrons. The zero-order valence-corrected chi connectivity index (χ0v) is 10.1. The van der Waals surface area contributed by atoms with Crippen LogP contribution in [0, 0.1) is 11.6 Å². The average Bonchev–Trinajstić information content (AvgIpc) is 2.36. The summed E-state index contributed by atoms with van der Waals surface area (Å²) in [6.07, 6.45) is -4.59. The van der Waals surface area contributed by atoms with Crippen LogP contribution in [0.15, 0.2) is 42.5 Å². The molecule has 0 amide bonds. The third-order valence-corrected chi connectivity index (χ3v) is 2.63. The van der Waals surface area contributed by atoms with Gasteiger partial charge in [-0.25, -0.2) is 8.78 Å². The van der Waals surface area contributed by atoms with E-state index in [0.29, 0.717) is 11.8 Å². The van der Waals surface area contributed by atoms with Gasteiger partial charge in [0.05, 0.1) is 5.56 Å². The summed E-state index contributed by atoms with van der Waals surface area (Å²) < 4.78 is 63.4. The van der Waals surface area contributed by atoms with Gasteiger partial charge in [0.25, 0.3) is 0 Å². The first kappa shape index (κ1) is 14.3. The molecule has 0 heterocycles. The van der Waals surface area contributed by atoms with Crippen molar-refractivity contribution in [1.82, 2.24) is 0 Å². The number of rotatable bonds is 3. The van der Waals surface area contributed by atoms with Crippen LogP contribution < -0.4 is 5.32 Å². The van der Waals surface area contributed by atoms with E-state index in [0.717, 1.165) is 12.1 Å². The number of benzene rings is 2. The Hall–Kier alpha value is -2.11. The molecule has 0 aliphatic rings. The lowest BCUT2D eigenvalue weighted by Crippen LogP contribution is -2.08. The zero-order valence-electron chi connectivity index (χ0n) is 10.1. The minimum absolute atomic E-state index is 0.00642. The minimum atomic E-state index is -4.59. The summed E-state index contributed by atoms with van der Waals surface area (Å²) in [5.74, 6) is -1.36. The van der Waals surface area contributed by atoms with Gasteiger partial charge in [-0.15, -0.1) is 0 Å². The van der Waals surface area contributed by atoms with Crippen molar-refractivity contribution in [2.75, 3.05) is 5.32 Å². The average molecular weight is 287 g/mol. The Bertz CT molecular complexity index is 590.